The second-order valence-electron chi connectivity index (χ2n) is 6.53. The average Bonchev–Trinajstić information content (AvgIpc) is 2.59. The van der Waals surface area contributed by atoms with Crippen molar-refractivity contribution < 1.29 is 19.3 Å². The van der Waals surface area contributed by atoms with Gasteiger partial charge in [-0.15, -0.1) is 0 Å². The molecule has 2 rings (SSSR count). The fourth-order valence-electron chi connectivity index (χ4n) is 2.32. The maximum Gasteiger partial charge on any atom is 0.161 e. The van der Waals surface area contributed by atoms with Crippen LogP contribution >= 0.6 is 11.6 Å². The van der Waals surface area contributed by atoms with Gasteiger partial charge in [0.15, 0.2) is 11.5 Å². The van der Waals surface area contributed by atoms with Crippen molar-refractivity contribution in [3.63, 3.8) is 0 Å². The van der Waals surface area contributed by atoms with Crippen LogP contribution in [0.2, 0.25) is 5.02 Å². The van der Waals surface area contributed by atoms with Crippen LogP contribution in [0.5, 0.6) is 17.2 Å². The lowest BCUT2D eigenvalue weighted by Crippen LogP contribution is -2.34. The van der Waals surface area contributed by atoms with Gasteiger partial charge in [0.2, 0.25) is 0 Å². The minimum atomic E-state index is -0.741. The summed E-state index contributed by atoms with van der Waals surface area (Å²) in [5.41, 5.74) is 0.306. The van der Waals surface area contributed by atoms with E-state index in [4.69, 9.17) is 25.8 Å². The van der Waals surface area contributed by atoms with Crippen LogP contribution in [0.4, 0.5) is 0 Å². The summed E-state index contributed by atoms with van der Waals surface area (Å²) < 4.78 is 16.8. The first-order valence-electron chi connectivity index (χ1n) is 8.49. The van der Waals surface area contributed by atoms with E-state index in [2.05, 4.69) is 5.32 Å². The molecule has 0 amide bonds. The summed E-state index contributed by atoms with van der Waals surface area (Å²) in [4.78, 5) is 0. The molecule has 26 heavy (non-hydrogen) atoms. The van der Waals surface area contributed by atoms with Crippen LogP contribution in [0.15, 0.2) is 42.5 Å². The predicted molar refractivity (Wildman–Crippen MR) is 103 cm³/mol. The molecular formula is C20H26ClNO4. The fourth-order valence-corrected chi connectivity index (χ4v) is 2.51. The zero-order chi connectivity index (χ0) is 19.0. The molecule has 2 aromatic rings. The number of hydrogen-bond donors (Lipinski definition) is 2. The lowest BCUT2D eigenvalue weighted by Gasteiger charge is -2.18. The normalized spacial score (nSPS) is 11.3. The molecule has 0 aliphatic rings. The molecule has 0 aliphatic carbocycles. The molecule has 2 aromatic carbocycles. The van der Waals surface area contributed by atoms with E-state index in [-0.39, 0.29) is 0 Å². The minimum absolute atomic E-state index is 0.373. The highest BCUT2D eigenvalue weighted by atomic mass is 35.5. The standard InChI is InChI=1S/C20H26ClNO4/c1-20(2,23)14-22-13-15-8-9-18(19(12-15)24-3)26-11-10-25-17-7-5-4-6-16(17)21/h4-9,12,22-23H,10-11,13-14H2,1-3H3. The monoisotopic (exact) mass is 379 g/mol. The van der Waals surface area contributed by atoms with E-state index in [1.54, 1.807) is 27.0 Å². The molecule has 0 radical (unpaired) electrons. The van der Waals surface area contributed by atoms with E-state index in [1.165, 1.54) is 0 Å². The smallest absolute Gasteiger partial charge is 0.161 e. The molecule has 0 aromatic heterocycles. The summed E-state index contributed by atoms with van der Waals surface area (Å²) >= 11 is 6.05. The zero-order valence-electron chi connectivity index (χ0n) is 15.4. The van der Waals surface area contributed by atoms with E-state index < -0.39 is 5.60 Å². The number of para-hydroxylation sites is 1. The molecule has 2 N–H and O–H groups in total. The number of ether oxygens (including phenoxy) is 3. The van der Waals surface area contributed by atoms with Gasteiger partial charge in [-0.3, -0.25) is 0 Å². The zero-order valence-corrected chi connectivity index (χ0v) is 16.2. The van der Waals surface area contributed by atoms with Crippen molar-refractivity contribution in [2.75, 3.05) is 26.9 Å². The van der Waals surface area contributed by atoms with Gasteiger partial charge in [-0.05, 0) is 43.7 Å². The average molecular weight is 380 g/mol. The Morgan fingerprint density at radius 1 is 1.00 bits per heavy atom. The molecule has 0 spiro atoms. The summed E-state index contributed by atoms with van der Waals surface area (Å²) in [5.74, 6) is 1.95. The van der Waals surface area contributed by atoms with E-state index >= 15 is 0 Å². The first kappa shape index (κ1) is 20.4. The van der Waals surface area contributed by atoms with Crippen LogP contribution < -0.4 is 19.5 Å². The van der Waals surface area contributed by atoms with Crippen LogP contribution in [-0.2, 0) is 6.54 Å². The van der Waals surface area contributed by atoms with Crippen LogP contribution in [0.3, 0.4) is 0 Å². The number of benzene rings is 2. The molecule has 0 aliphatic heterocycles. The van der Waals surface area contributed by atoms with Crippen molar-refractivity contribution in [1.82, 2.24) is 5.32 Å². The van der Waals surface area contributed by atoms with Crippen LogP contribution in [0.1, 0.15) is 19.4 Å². The molecule has 142 valence electrons. The Labute approximate surface area is 159 Å². The van der Waals surface area contributed by atoms with Crippen LogP contribution in [-0.4, -0.2) is 37.6 Å². The molecule has 6 heteroatoms. The van der Waals surface area contributed by atoms with Crippen LogP contribution in [0.25, 0.3) is 0 Å². The highest BCUT2D eigenvalue weighted by Crippen LogP contribution is 2.28. The van der Waals surface area contributed by atoms with Gasteiger partial charge in [-0.25, -0.2) is 0 Å². The predicted octanol–water partition coefficient (Wildman–Crippen LogP) is 3.67. The first-order valence-corrected chi connectivity index (χ1v) is 8.87. The highest BCUT2D eigenvalue weighted by molar-refractivity contribution is 6.32. The van der Waals surface area contributed by atoms with Crippen molar-refractivity contribution in [3.8, 4) is 17.2 Å². The van der Waals surface area contributed by atoms with Crippen molar-refractivity contribution in [2.24, 2.45) is 0 Å². The maximum absolute atomic E-state index is 9.73. The second-order valence-corrected chi connectivity index (χ2v) is 6.94. The van der Waals surface area contributed by atoms with E-state index in [0.29, 0.717) is 48.6 Å². The van der Waals surface area contributed by atoms with Crippen molar-refractivity contribution >= 4 is 11.6 Å². The number of aliphatic hydroxyl groups is 1. The lowest BCUT2D eigenvalue weighted by molar-refractivity contribution is 0.0795. The molecule has 0 unspecified atom stereocenters. The third kappa shape index (κ3) is 6.75. The van der Waals surface area contributed by atoms with E-state index in [9.17, 15) is 5.11 Å². The quantitative estimate of drug-likeness (QED) is 0.617. The molecule has 0 saturated heterocycles. The molecule has 0 fully saturated rings. The largest absolute Gasteiger partial charge is 0.493 e. The molecule has 5 nitrogen and oxygen atoms in total. The number of nitrogens with one attached hydrogen (secondary N) is 1. The third-order valence-electron chi connectivity index (χ3n) is 3.55. The summed E-state index contributed by atoms with van der Waals surface area (Å²) in [6.45, 7) is 5.42. The first-order chi connectivity index (χ1) is 12.4. The maximum atomic E-state index is 9.73. The van der Waals surface area contributed by atoms with Gasteiger partial charge < -0.3 is 24.6 Å². The summed E-state index contributed by atoms with van der Waals surface area (Å²) in [6, 6.07) is 13.1. The number of methoxy groups -OCH3 is 1. The second kappa shape index (κ2) is 9.67. The van der Waals surface area contributed by atoms with E-state index in [0.717, 1.165) is 5.56 Å². The van der Waals surface area contributed by atoms with Crippen molar-refractivity contribution in [3.05, 3.63) is 53.1 Å². The molecule has 0 atom stereocenters. The Morgan fingerprint density at radius 3 is 2.35 bits per heavy atom. The van der Waals surface area contributed by atoms with Crippen molar-refractivity contribution in [1.29, 1.82) is 0 Å². The van der Waals surface area contributed by atoms with Gasteiger partial charge in [0.1, 0.15) is 19.0 Å². The number of hydrogen-bond acceptors (Lipinski definition) is 5. The Hall–Kier alpha value is -1.95. The van der Waals surface area contributed by atoms with Gasteiger partial charge >= 0.3 is 0 Å². The lowest BCUT2D eigenvalue weighted by atomic mass is 10.1. The molecular weight excluding hydrogens is 354 g/mol. The van der Waals surface area contributed by atoms with Crippen LogP contribution in [0, 0.1) is 0 Å². The van der Waals surface area contributed by atoms with Crippen molar-refractivity contribution in [2.45, 2.75) is 26.0 Å². The van der Waals surface area contributed by atoms with Gasteiger partial charge in [0, 0.05) is 13.1 Å². The fraction of sp³-hybridized carbons (Fsp3) is 0.400. The van der Waals surface area contributed by atoms with Gasteiger partial charge in [0.25, 0.3) is 0 Å². The highest BCUT2D eigenvalue weighted by Gasteiger charge is 2.12. The van der Waals surface area contributed by atoms with Gasteiger partial charge in [0.05, 0.1) is 17.7 Å². The van der Waals surface area contributed by atoms with Gasteiger partial charge in [-0.1, -0.05) is 29.8 Å². The number of rotatable bonds is 10. The Kier molecular flexibility index (Phi) is 7.57. The molecule has 0 saturated carbocycles. The SMILES string of the molecule is COc1cc(CNCC(C)(C)O)ccc1OCCOc1ccccc1Cl. The minimum Gasteiger partial charge on any atom is -0.493 e. The molecule has 0 heterocycles. The number of halogens is 1. The topological polar surface area (TPSA) is 60.0 Å². The summed E-state index contributed by atoms with van der Waals surface area (Å²) in [5, 5.41) is 13.5. The summed E-state index contributed by atoms with van der Waals surface area (Å²) in [7, 11) is 1.61. The molecule has 0 bridgehead atoms. The Bertz CT molecular complexity index is 700. The summed E-state index contributed by atoms with van der Waals surface area (Å²) in [6.07, 6.45) is 0. The Morgan fingerprint density at radius 2 is 1.69 bits per heavy atom. The Balaban J connectivity index is 1.84. The third-order valence-corrected chi connectivity index (χ3v) is 3.86. The van der Waals surface area contributed by atoms with Gasteiger partial charge in [-0.2, -0.15) is 0 Å². The van der Waals surface area contributed by atoms with E-state index in [1.807, 2.05) is 36.4 Å².